The molecular formula is C30H23F3N6O7S. The summed E-state index contributed by atoms with van der Waals surface area (Å²) in [5.74, 6) is -1.61. The third-order valence-corrected chi connectivity index (χ3v) is 7.38. The Morgan fingerprint density at radius 3 is 2.13 bits per heavy atom. The molecule has 0 spiro atoms. The number of rotatable bonds is 8. The highest BCUT2D eigenvalue weighted by atomic mass is 32.2. The molecule has 0 saturated carbocycles. The molecule has 0 unspecified atom stereocenters. The standard InChI is InChI=1S/C18H14N4O5S.C12H9F3N2O2/c23-16-9-6-13(11-15(16)18(24)25)21-20-12-4-7-14(8-5-12)28(26,27)22-17-3-1-2-10-19-17;1-7-10(6-16-19-7)11(18)17-9-4-2-8(3-5-9)12(13,14)15/h1-11,23H,(H,19,22)(H,24,25);2-6H,1H3,(H,17,18)/b21-20+;. The lowest BCUT2D eigenvalue weighted by molar-refractivity contribution is -0.137. The molecular weight excluding hydrogens is 645 g/mol. The van der Waals surface area contributed by atoms with Crippen molar-refractivity contribution in [2.45, 2.75) is 18.0 Å². The lowest BCUT2D eigenvalue weighted by atomic mass is 10.2. The van der Waals surface area contributed by atoms with E-state index in [1.165, 1.54) is 73.1 Å². The molecule has 2 heterocycles. The number of aromatic carboxylic acids is 1. The van der Waals surface area contributed by atoms with Crippen LogP contribution in [0.4, 0.5) is 36.1 Å². The van der Waals surface area contributed by atoms with Gasteiger partial charge in [-0.2, -0.15) is 23.4 Å². The number of sulfonamides is 1. The van der Waals surface area contributed by atoms with E-state index >= 15 is 0 Å². The topological polar surface area (TPSA) is 196 Å². The Hall–Kier alpha value is -6.10. The maximum atomic E-state index is 12.4. The number of alkyl halides is 3. The molecule has 3 aromatic carbocycles. The molecule has 2 aromatic heterocycles. The van der Waals surface area contributed by atoms with Crippen LogP contribution >= 0.6 is 0 Å². The van der Waals surface area contributed by atoms with Crippen LogP contribution in [-0.2, 0) is 16.2 Å². The molecule has 242 valence electrons. The van der Waals surface area contributed by atoms with Crippen molar-refractivity contribution in [3.63, 3.8) is 0 Å². The number of amides is 1. The van der Waals surface area contributed by atoms with Gasteiger partial charge in [-0.05, 0) is 85.8 Å². The van der Waals surface area contributed by atoms with Gasteiger partial charge < -0.3 is 20.1 Å². The zero-order chi connectivity index (χ0) is 34.2. The number of carboxylic acids is 1. The number of pyridine rings is 1. The highest BCUT2D eigenvalue weighted by molar-refractivity contribution is 7.92. The quantitative estimate of drug-likeness (QED) is 0.126. The number of aryl methyl sites for hydroxylation is 1. The molecule has 47 heavy (non-hydrogen) atoms. The van der Waals surface area contributed by atoms with Crippen molar-refractivity contribution < 1.29 is 45.9 Å². The number of benzene rings is 3. The van der Waals surface area contributed by atoms with E-state index in [9.17, 15) is 36.3 Å². The van der Waals surface area contributed by atoms with Gasteiger partial charge in [0.1, 0.15) is 28.5 Å². The second-order valence-electron chi connectivity index (χ2n) is 9.35. The minimum atomic E-state index is -4.40. The fraction of sp³-hybridized carbons (Fsp3) is 0.0667. The summed E-state index contributed by atoms with van der Waals surface area (Å²) in [6, 6.07) is 18.4. The van der Waals surface area contributed by atoms with Gasteiger partial charge in [0.15, 0.2) is 0 Å². The van der Waals surface area contributed by atoms with E-state index in [4.69, 9.17) is 9.63 Å². The molecule has 0 saturated heterocycles. The van der Waals surface area contributed by atoms with Crippen LogP contribution in [0.5, 0.6) is 5.75 Å². The van der Waals surface area contributed by atoms with Crippen LogP contribution in [0.15, 0.2) is 117 Å². The van der Waals surface area contributed by atoms with E-state index in [2.05, 4.69) is 30.4 Å². The van der Waals surface area contributed by atoms with Crippen LogP contribution in [0.25, 0.3) is 0 Å². The van der Waals surface area contributed by atoms with E-state index in [1.54, 1.807) is 19.1 Å². The van der Waals surface area contributed by atoms with Gasteiger partial charge >= 0.3 is 12.1 Å². The fourth-order valence-electron chi connectivity index (χ4n) is 3.64. The zero-order valence-corrected chi connectivity index (χ0v) is 24.8. The summed E-state index contributed by atoms with van der Waals surface area (Å²) in [6.45, 7) is 1.56. The number of carbonyl (C=O) groups excluding carboxylic acids is 1. The van der Waals surface area contributed by atoms with Crippen LogP contribution in [0.2, 0.25) is 0 Å². The molecule has 5 aromatic rings. The largest absolute Gasteiger partial charge is 0.507 e. The number of phenols is 1. The first-order valence-electron chi connectivity index (χ1n) is 13.1. The number of anilines is 2. The number of nitrogens with one attached hydrogen (secondary N) is 2. The van der Waals surface area contributed by atoms with Crippen molar-refractivity contribution in [2.75, 3.05) is 10.0 Å². The average Bonchev–Trinajstić information content (AvgIpc) is 3.47. The maximum Gasteiger partial charge on any atom is 0.416 e. The van der Waals surface area contributed by atoms with E-state index in [0.717, 1.165) is 12.1 Å². The predicted octanol–water partition coefficient (Wildman–Crippen LogP) is 6.96. The molecule has 0 aliphatic heterocycles. The first kappa shape index (κ1) is 33.8. The van der Waals surface area contributed by atoms with Gasteiger partial charge in [0, 0.05) is 11.9 Å². The Balaban J connectivity index is 0.000000229. The Labute approximate surface area is 264 Å². The monoisotopic (exact) mass is 668 g/mol. The van der Waals surface area contributed by atoms with Gasteiger partial charge in [-0.15, -0.1) is 0 Å². The minimum absolute atomic E-state index is 0.0231. The molecule has 17 heteroatoms. The van der Waals surface area contributed by atoms with Gasteiger partial charge in [0.25, 0.3) is 15.9 Å². The molecule has 5 rings (SSSR count). The Kier molecular flexibility index (Phi) is 10.3. The van der Waals surface area contributed by atoms with Crippen LogP contribution in [0.1, 0.15) is 32.0 Å². The maximum absolute atomic E-state index is 12.4. The van der Waals surface area contributed by atoms with Crippen LogP contribution < -0.4 is 10.0 Å². The van der Waals surface area contributed by atoms with Gasteiger partial charge in [0.2, 0.25) is 0 Å². The first-order chi connectivity index (χ1) is 22.2. The summed E-state index contributed by atoms with van der Waals surface area (Å²) >= 11 is 0. The van der Waals surface area contributed by atoms with E-state index in [0.29, 0.717) is 11.4 Å². The molecule has 0 aliphatic rings. The SMILES string of the molecule is Cc1oncc1C(=O)Nc1ccc(C(F)(F)F)cc1.O=C(O)c1cc(/N=N/c2ccc(S(=O)(=O)Nc3ccccn3)cc2)ccc1O. The van der Waals surface area contributed by atoms with Crippen molar-refractivity contribution in [3.8, 4) is 5.75 Å². The highest BCUT2D eigenvalue weighted by Crippen LogP contribution is 2.30. The molecule has 4 N–H and O–H groups in total. The van der Waals surface area contributed by atoms with Gasteiger partial charge in [0.05, 0.1) is 28.0 Å². The Bertz CT molecular complexity index is 2000. The number of azo groups is 1. The van der Waals surface area contributed by atoms with Crippen molar-refractivity contribution in [1.82, 2.24) is 10.1 Å². The molecule has 1 amide bonds. The highest BCUT2D eigenvalue weighted by Gasteiger charge is 2.30. The van der Waals surface area contributed by atoms with Gasteiger partial charge in [-0.25, -0.2) is 18.2 Å². The predicted molar refractivity (Wildman–Crippen MR) is 161 cm³/mol. The van der Waals surface area contributed by atoms with Gasteiger partial charge in [-0.1, -0.05) is 11.2 Å². The van der Waals surface area contributed by atoms with Crippen molar-refractivity contribution in [1.29, 1.82) is 0 Å². The summed E-state index contributed by atoms with van der Waals surface area (Å²) in [6.07, 6.45) is -1.68. The summed E-state index contributed by atoms with van der Waals surface area (Å²) in [5, 5.41) is 32.2. The number of halogens is 3. The van der Waals surface area contributed by atoms with E-state index < -0.39 is 33.6 Å². The number of nitrogens with zero attached hydrogens (tertiary/aromatic N) is 4. The third-order valence-electron chi connectivity index (χ3n) is 6.01. The zero-order valence-electron chi connectivity index (χ0n) is 24.0. The fourth-order valence-corrected chi connectivity index (χ4v) is 4.65. The number of hydrogen-bond donors (Lipinski definition) is 4. The second kappa shape index (κ2) is 14.3. The van der Waals surface area contributed by atoms with E-state index in [1.807, 2.05) is 0 Å². The summed E-state index contributed by atoms with van der Waals surface area (Å²) in [5.41, 5.74) is 0.0223. The number of aromatic nitrogens is 2. The Morgan fingerprint density at radius 1 is 0.894 bits per heavy atom. The molecule has 0 aliphatic carbocycles. The normalized spacial score (nSPS) is 11.4. The lowest BCUT2D eigenvalue weighted by Crippen LogP contribution is -2.13. The van der Waals surface area contributed by atoms with E-state index in [-0.39, 0.29) is 39.0 Å². The summed E-state index contributed by atoms with van der Waals surface area (Å²) in [7, 11) is -3.79. The number of carbonyl (C=O) groups is 2. The van der Waals surface area contributed by atoms with Crippen molar-refractivity contribution in [2.24, 2.45) is 10.2 Å². The van der Waals surface area contributed by atoms with Crippen LogP contribution in [0.3, 0.4) is 0 Å². The molecule has 0 atom stereocenters. The number of hydrogen-bond acceptors (Lipinski definition) is 10. The summed E-state index contributed by atoms with van der Waals surface area (Å²) in [4.78, 5) is 26.7. The second-order valence-corrected chi connectivity index (χ2v) is 11.0. The van der Waals surface area contributed by atoms with Crippen LogP contribution in [0, 0.1) is 6.92 Å². The lowest BCUT2D eigenvalue weighted by Gasteiger charge is -2.08. The van der Waals surface area contributed by atoms with Crippen molar-refractivity contribution >= 4 is 44.8 Å². The summed E-state index contributed by atoms with van der Waals surface area (Å²) < 4.78 is 68.8. The third kappa shape index (κ3) is 9.21. The number of carboxylic acid groups (broad SMARTS) is 1. The molecule has 13 nitrogen and oxygen atoms in total. The average molecular weight is 669 g/mol. The van der Waals surface area contributed by atoms with Crippen LogP contribution in [-0.4, -0.2) is 40.6 Å². The molecule has 0 radical (unpaired) electrons. The smallest absolute Gasteiger partial charge is 0.416 e. The van der Waals surface area contributed by atoms with Crippen molar-refractivity contribution in [3.05, 3.63) is 120 Å². The molecule has 0 bridgehead atoms. The Morgan fingerprint density at radius 2 is 1.55 bits per heavy atom. The minimum Gasteiger partial charge on any atom is -0.507 e. The van der Waals surface area contributed by atoms with Gasteiger partial charge in [-0.3, -0.25) is 9.52 Å². The molecule has 0 fully saturated rings. The number of aromatic hydroxyl groups is 1. The first-order valence-corrected chi connectivity index (χ1v) is 14.6.